The van der Waals surface area contributed by atoms with E-state index in [2.05, 4.69) is 15.6 Å². The van der Waals surface area contributed by atoms with Crippen molar-refractivity contribution < 1.29 is 4.79 Å². The van der Waals surface area contributed by atoms with Crippen LogP contribution in [0.4, 0.5) is 0 Å². The van der Waals surface area contributed by atoms with Gasteiger partial charge in [-0.15, -0.1) is 0 Å². The number of carbonyl (C=O) groups is 1. The molecule has 1 aliphatic heterocycles. The van der Waals surface area contributed by atoms with Crippen LogP contribution >= 0.6 is 0 Å². The Labute approximate surface area is 162 Å². The van der Waals surface area contributed by atoms with Gasteiger partial charge in [-0.25, -0.2) is 0 Å². The van der Waals surface area contributed by atoms with E-state index in [0.717, 1.165) is 16.6 Å². The van der Waals surface area contributed by atoms with E-state index in [-0.39, 0.29) is 23.7 Å². The fourth-order valence-corrected chi connectivity index (χ4v) is 4.13. The zero-order valence-corrected chi connectivity index (χ0v) is 15.2. The van der Waals surface area contributed by atoms with E-state index in [4.69, 9.17) is 0 Å². The summed E-state index contributed by atoms with van der Waals surface area (Å²) in [6.07, 6.45) is 0.284. The molecule has 0 amide bonds. The Balaban J connectivity index is 1.69. The summed E-state index contributed by atoms with van der Waals surface area (Å²) in [5.41, 5.74) is 3.55. The molecule has 1 unspecified atom stereocenters. The molecule has 3 aromatic carbocycles. The quantitative estimate of drug-likeness (QED) is 0.512. The van der Waals surface area contributed by atoms with Crippen LogP contribution in [-0.4, -0.2) is 15.3 Å². The van der Waals surface area contributed by atoms with Crippen LogP contribution in [0.15, 0.2) is 83.7 Å². The average molecular weight is 366 g/mol. The molecule has 5 rings (SSSR count). The van der Waals surface area contributed by atoms with Gasteiger partial charge >= 0.3 is 0 Å². The summed E-state index contributed by atoms with van der Waals surface area (Å²) in [7, 11) is 0. The van der Waals surface area contributed by atoms with E-state index in [9.17, 15) is 9.59 Å². The van der Waals surface area contributed by atoms with Crippen molar-refractivity contribution in [3.63, 3.8) is 0 Å². The molecule has 28 heavy (non-hydrogen) atoms. The van der Waals surface area contributed by atoms with E-state index < -0.39 is 0 Å². The summed E-state index contributed by atoms with van der Waals surface area (Å²) in [6, 6.07) is 25.0. The average Bonchev–Trinajstić information content (AvgIpc) is 2.75. The zero-order chi connectivity index (χ0) is 19.1. The highest BCUT2D eigenvalue weighted by molar-refractivity contribution is 5.96. The number of hydrogen-bond donors (Lipinski definition) is 0. The summed E-state index contributed by atoms with van der Waals surface area (Å²) >= 11 is 0. The van der Waals surface area contributed by atoms with Gasteiger partial charge in [0.1, 0.15) is 5.82 Å². The van der Waals surface area contributed by atoms with Gasteiger partial charge in [-0.05, 0) is 23.3 Å². The molecule has 1 atom stereocenters. The van der Waals surface area contributed by atoms with Crippen molar-refractivity contribution >= 4 is 16.7 Å². The minimum atomic E-state index is -0.241. The summed E-state index contributed by atoms with van der Waals surface area (Å²) in [4.78, 5) is 30.0. The molecule has 4 heteroatoms. The third-order valence-corrected chi connectivity index (χ3v) is 5.47. The lowest BCUT2D eigenvalue weighted by Crippen LogP contribution is -2.28. The third kappa shape index (κ3) is 2.65. The maximum atomic E-state index is 13.0. The molecule has 2 heterocycles. The van der Waals surface area contributed by atoms with Crippen molar-refractivity contribution in [1.29, 1.82) is 0 Å². The summed E-state index contributed by atoms with van der Waals surface area (Å²) in [6.45, 7) is 0.648. The van der Waals surface area contributed by atoms with Gasteiger partial charge in [-0.1, -0.05) is 66.7 Å². The molecule has 4 nitrogen and oxygen atoms in total. The first-order valence-corrected chi connectivity index (χ1v) is 9.38. The first-order chi connectivity index (χ1) is 13.7. The molecule has 0 saturated heterocycles. The molecular formula is C24H18N2O2. The molecule has 0 N–H and O–H groups in total. The predicted molar refractivity (Wildman–Crippen MR) is 109 cm³/mol. The second kappa shape index (κ2) is 6.57. The number of ketones is 1. The van der Waals surface area contributed by atoms with E-state index in [1.54, 1.807) is 0 Å². The normalized spacial score (nSPS) is 15.1. The molecular weight excluding hydrogens is 348 g/mol. The molecule has 0 saturated carbocycles. The number of carbonyl (C=O) groups excluding carboxylic acids is 1. The first kappa shape index (κ1) is 16.6. The summed E-state index contributed by atoms with van der Waals surface area (Å²) < 4.78 is 2.09. The van der Waals surface area contributed by atoms with E-state index in [1.807, 2.05) is 72.8 Å². The standard InChI is InChI=1S/C24H18N2O2/c27-22(16-8-2-1-3-9-16)14-20-18-11-5-4-10-17(18)15-26-21-13-7-6-12-19(21)24(28)25-23(20)26/h1-13,20H,14-15H2. The number of rotatable bonds is 3. The molecule has 1 aromatic heterocycles. The Morgan fingerprint density at radius 2 is 1.64 bits per heavy atom. The highest BCUT2D eigenvalue weighted by Gasteiger charge is 2.30. The first-order valence-electron chi connectivity index (χ1n) is 9.38. The number of aromatic nitrogens is 2. The van der Waals surface area contributed by atoms with Crippen LogP contribution in [-0.2, 0) is 6.54 Å². The Bertz CT molecular complexity index is 1260. The predicted octanol–water partition coefficient (Wildman–Crippen LogP) is 4.16. The van der Waals surface area contributed by atoms with Crippen LogP contribution in [0.25, 0.3) is 10.9 Å². The van der Waals surface area contributed by atoms with Crippen LogP contribution in [0.2, 0.25) is 0 Å². The maximum absolute atomic E-state index is 13.0. The van der Waals surface area contributed by atoms with Crippen molar-refractivity contribution in [3.8, 4) is 0 Å². The highest BCUT2D eigenvalue weighted by Crippen LogP contribution is 2.36. The van der Waals surface area contributed by atoms with Gasteiger partial charge in [0.25, 0.3) is 5.56 Å². The number of benzene rings is 3. The van der Waals surface area contributed by atoms with Crippen molar-refractivity contribution in [2.75, 3.05) is 0 Å². The van der Waals surface area contributed by atoms with Crippen LogP contribution in [0, 0.1) is 0 Å². The van der Waals surface area contributed by atoms with Gasteiger partial charge in [0, 0.05) is 18.5 Å². The minimum absolute atomic E-state index is 0.0521. The lowest BCUT2D eigenvalue weighted by Gasteiger charge is -2.29. The van der Waals surface area contributed by atoms with E-state index in [1.165, 1.54) is 0 Å². The lowest BCUT2D eigenvalue weighted by atomic mass is 9.85. The third-order valence-electron chi connectivity index (χ3n) is 5.47. The second-order valence-electron chi connectivity index (χ2n) is 7.12. The van der Waals surface area contributed by atoms with Crippen LogP contribution in [0.1, 0.15) is 39.6 Å². The topological polar surface area (TPSA) is 52.0 Å². The van der Waals surface area contributed by atoms with Crippen LogP contribution in [0.5, 0.6) is 0 Å². The smallest absolute Gasteiger partial charge is 0.280 e. The number of fused-ring (bicyclic) bond motifs is 4. The second-order valence-corrected chi connectivity index (χ2v) is 7.12. The number of para-hydroxylation sites is 1. The molecule has 0 aliphatic carbocycles. The Kier molecular flexibility index (Phi) is 3.90. The van der Waals surface area contributed by atoms with Gasteiger partial charge < -0.3 is 4.57 Å². The maximum Gasteiger partial charge on any atom is 0.280 e. The van der Waals surface area contributed by atoms with Gasteiger partial charge in [-0.3, -0.25) is 9.59 Å². The number of nitrogens with zero attached hydrogens (tertiary/aromatic N) is 2. The van der Waals surface area contributed by atoms with E-state index >= 15 is 0 Å². The van der Waals surface area contributed by atoms with E-state index in [0.29, 0.717) is 23.3 Å². The van der Waals surface area contributed by atoms with Crippen LogP contribution in [0.3, 0.4) is 0 Å². The van der Waals surface area contributed by atoms with Gasteiger partial charge in [0.05, 0.1) is 16.8 Å². The largest absolute Gasteiger partial charge is 0.324 e. The Hall–Kier alpha value is -3.53. The lowest BCUT2D eigenvalue weighted by molar-refractivity contribution is 0.0975. The van der Waals surface area contributed by atoms with Gasteiger partial charge in [-0.2, -0.15) is 4.98 Å². The molecule has 136 valence electrons. The number of hydrogen-bond acceptors (Lipinski definition) is 3. The SMILES string of the molecule is O=C(CC1c2ccccc2Cn2c1nc(=O)c1ccccc12)c1ccccc1. The summed E-state index contributed by atoms with van der Waals surface area (Å²) in [5, 5.41) is 0.610. The molecule has 4 aromatic rings. The summed E-state index contributed by atoms with van der Waals surface area (Å²) in [5.74, 6) is 0.484. The molecule has 0 fully saturated rings. The molecule has 0 radical (unpaired) electrons. The fraction of sp³-hybridized carbons (Fsp3) is 0.125. The highest BCUT2D eigenvalue weighted by atomic mass is 16.1. The Morgan fingerprint density at radius 1 is 0.929 bits per heavy atom. The van der Waals surface area contributed by atoms with Gasteiger partial charge in [0.2, 0.25) is 0 Å². The van der Waals surface area contributed by atoms with Gasteiger partial charge in [0.15, 0.2) is 5.78 Å². The van der Waals surface area contributed by atoms with Crippen molar-refractivity contribution in [2.45, 2.75) is 18.9 Å². The van der Waals surface area contributed by atoms with Crippen molar-refractivity contribution in [1.82, 2.24) is 9.55 Å². The van der Waals surface area contributed by atoms with Crippen LogP contribution < -0.4 is 5.56 Å². The van der Waals surface area contributed by atoms with Crippen molar-refractivity contribution in [2.24, 2.45) is 0 Å². The zero-order valence-electron chi connectivity index (χ0n) is 15.2. The monoisotopic (exact) mass is 366 g/mol. The number of Topliss-reactive ketones (excluding diaryl/α,β-unsaturated/α-hetero) is 1. The Morgan fingerprint density at radius 3 is 2.50 bits per heavy atom. The molecule has 0 spiro atoms. The minimum Gasteiger partial charge on any atom is -0.324 e. The molecule has 1 aliphatic rings. The van der Waals surface area contributed by atoms with Crippen molar-refractivity contribution in [3.05, 3.63) is 112 Å². The fourth-order valence-electron chi connectivity index (χ4n) is 4.13. The molecule has 0 bridgehead atoms.